The van der Waals surface area contributed by atoms with Crippen molar-refractivity contribution in [2.75, 3.05) is 0 Å². The Morgan fingerprint density at radius 2 is 2.04 bits per heavy atom. The van der Waals surface area contributed by atoms with Gasteiger partial charge in [0.25, 0.3) is 5.91 Å². The van der Waals surface area contributed by atoms with Crippen LogP contribution in [-0.2, 0) is 16.0 Å². The highest BCUT2D eigenvalue weighted by Crippen LogP contribution is 2.15. The lowest BCUT2D eigenvalue weighted by Crippen LogP contribution is -2.41. The van der Waals surface area contributed by atoms with Gasteiger partial charge in [-0.3, -0.25) is 14.0 Å². The van der Waals surface area contributed by atoms with Crippen LogP contribution in [0.2, 0.25) is 0 Å². The van der Waals surface area contributed by atoms with Crippen LogP contribution in [0.1, 0.15) is 42.4 Å². The smallest absolute Gasteiger partial charge is 0.326 e. The first-order chi connectivity index (χ1) is 11.4. The van der Waals surface area contributed by atoms with Crippen molar-refractivity contribution in [3.05, 3.63) is 35.8 Å². The minimum absolute atomic E-state index is 0.184. The van der Waals surface area contributed by atoms with Crippen LogP contribution >= 0.6 is 0 Å². The molecule has 2 rings (SSSR count). The van der Waals surface area contributed by atoms with E-state index in [9.17, 15) is 19.5 Å². The van der Waals surface area contributed by atoms with Gasteiger partial charge in [-0.05, 0) is 25.0 Å². The van der Waals surface area contributed by atoms with Crippen molar-refractivity contribution in [2.45, 2.75) is 38.6 Å². The van der Waals surface area contributed by atoms with E-state index in [1.165, 1.54) is 0 Å². The summed E-state index contributed by atoms with van der Waals surface area (Å²) >= 11 is 0. The summed E-state index contributed by atoms with van der Waals surface area (Å²) in [6.45, 7) is 1.96. The number of nitrogens with zero attached hydrogens (tertiary/aromatic N) is 2. The van der Waals surface area contributed by atoms with Gasteiger partial charge in [0.2, 0.25) is 0 Å². The fourth-order valence-corrected chi connectivity index (χ4v) is 2.45. The number of hydrogen-bond donors (Lipinski definition) is 3. The van der Waals surface area contributed by atoms with Crippen LogP contribution in [0.3, 0.4) is 0 Å². The number of carbonyl (C=O) groups excluding carboxylic acids is 1. The Balaban J connectivity index is 2.30. The maximum absolute atomic E-state index is 12.6. The molecule has 0 aromatic carbocycles. The standard InChI is InChI=1S/C16H19N3O5/c1-2-5-10-14(19-9-4-3-6-12(19)17-10)15(22)18-11(16(23)24)7-8-13(20)21/h3-4,6,9,11H,2,5,7-8H2,1H3,(H,18,22)(H,20,21)(H,23,24). The van der Waals surface area contributed by atoms with E-state index < -0.39 is 23.9 Å². The minimum Gasteiger partial charge on any atom is -0.481 e. The van der Waals surface area contributed by atoms with E-state index in [1.54, 1.807) is 28.8 Å². The van der Waals surface area contributed by atoms with E-state index >= 15 is 0 Å². The van der Waals surface area contributed by atoms with Gasteiger partial charge in [0.15, 0.2) is 0 Å². The molecule has 0 saturated heterocycles. The number of aryl methyl sites for hydroxylation is 1. The molecule has 3 N–H and O–H groups in total. The molecule has 8 nitrogen and oxygen atoms in total. The van der Waals surface area contributed by atoms with E-state index in [-0.39, 0.29) is 18.5 Å². The molecule has 0 aliphatic carbocycles. The van der Waals surface area contributed by atoms with E-state index in [4.69, 9.17) is 5.11 Å². The van der Waals surface area contributed by atoms with Crippen molar-refractivity contribution < 1.29 is 24.6 Å². The Kier molecular flexibility index (Phi) is 5.51. The Hall–Kier alpha value is -2.90. The van der Waals surface area contributed by atoms with Crippen molar-refractivity contribution in [3.8, 4) is 0 Å². The molecule has 0 bridgehead atoms. The predicted molar refractivity (Wildman–Crippen MR) is 84.9 cm³/mol. The molecular weight excluding hydrogens is 314 g/mol. The first-order valence-electron chi connectivity index (χ1n) is 7.65. The summed E-state index contributed by atoms with van der Waals surface area (Å²) in [5.41, 5.74) is 1.47. The molecule has 128 valence electrons. The minimum atomic E-state index is -1.27. The van der Waals surface area contributed by atoms with Crippen molar-refractivity contribution in [1.82, 2.24) is 14.7 Å². The Bertz CT molecular complexity index is 768. The third-order valence-electron chi connectivity index (χ3n) is 3.55. The molecule has 8 heteroatoms. The molecule has 2 aromatic rings. The Labute approximate surface area is 138 Å². The molecule has 0 spiro atoms. The largest absolute Gasteiger partial charge is 0.481 e. The average Bonchev–Trinajstić information content (AvgIpc) is 2.89. The van der Waals surface area contributed by atoms with E-state index in [0.29, 0.717) is 17.8 Å². The molecule has 1 atom stereocenters. The second-order valence-corrected chi connectivity index (χ2v) is 5.38. The summed E-state index contributed by atoms with van der Waals surface area (Å²) in [4.78, 5) is 38.9. The maximum atomic E-state index is 12.6. The number of hydrogen-bond acceptors (Lipinski definition) is 4. The number of fused-ring (bicyclic) bond motifs is 1. The lowest BCUT2D eigenvalue weighted by atomic mass is 10.1. The molecule has 0 aliphatic heterocycles. The van der Waals surface area contributed by atoms with Gasteiger partial charge in [-0.15, -0.1) is 0 Å². The second kappa shape index (κ2) is 7.58. The molecule has 0 fully saturated rings. The summed E-state index contributed by atoms with van der Waals surface area (Å²) in [5.74, 6) is -2.96. The maximum Gasteiger partial charge on any atom is 0.326 e. The zero-order valence-corrected chi connectivity index (χ0v) is 13.2. The Morgan fingerprint density at radius 3 is 2.67 bits per heavy atom. The molecule has 0 aliphatic rings. The quantitative estimate of drug-likeness (QED) is 0.670. The van der Waals surface area contributed by atoms with Crippen LogP contribution in [0.15, 0.2) is 24.4 Å². The number of aliphatic carboxylic acids is 2. The summed E-state index contributed by atoms with van der Waals surface area (Å²) in [6.07, 6.45) is 2.52. The highest BCUT2D eigenvalue weighted by atomic mass is 16.4. The lowest BCUT2D eigenvalue weighted by Gasteiger charge is -2.14. The number of amides is 1. The second-order valence-electron chi connectivity index (χ2n) is 5.38. The molecular formula is C16H19N3O5. The van der Waals surface area contributed by atoms with Crippen molar-refractivity contribution >= 4 is 23.5 Å². The average molecular weight is 333 g/mol. The van der Waals surface area contributed by atoms with Crippen LogP contribution < -0.4 is 5.32 Å². The van der Waals surface area contributed by atoms with Crippen molar-refractivity contribution in [3.63, 3.8) is 0 Å². The first-order valence-corrected chi connectivity index (χ1v) is 7.65. The van der Waals surface area contributed by atoms with Gasteiger partial charge >= 0.3 is 11.9 Å². The monoisotopic (exact) mass is 333 g/mol. The highest BCUT2D eigenvalue weighted by molar-refractivity contribution is 5.97. The molecule has 24 heavy (non-hydrogen) atoms. The van der Waals surface area contributed by atoms with E-state index in [1.807, 2.05) is 6.92 Å². The third kappa shape index (κ3) is 3.89. The van der Waals surface area contributed by atoms with Gasteiger partial charge in [0, 0.05) is 12.6 Å². The molecule has 2 heterocycles. The molecule has 0 saturated carbocycles. The number of carbonyl (C=O) groups is 3. The zero-order chi connectivity index (χ0) is 17.7. The van der Waals surface area contributed by atoms with Crippen LogP contribution in [0.4, 0.5) is 0 Å². The van der Waals surface area contributed by atoms with Crippen LogP contribution in [0.25, 0.3) is 5.65 Å². The number of imidazole rings is 1. The number of carboxylic acids is 2. The van der Waals surface area contributed by atoms with Gasteiger partial charge in [-0.1, -0.05) is 19.4 Å². The fourth-order valence-electron chi connectivity index (χ4n) is 2.45. The summed E-state index contributed by atoms with van der Waals surface area (Å²) < 4.78 is 1.61. The van der Waals surface area contributed by atoms with Crippen LogP contribution in [0.5, 0.6) is 0 Å². The molecule has 1 unspecified atom stereocenters. The van der Waals surface area contributed by atoms with Crippen LogP contribution in [0, 0.1) is 0 Å². The Morgan fingerprint density at radius 1 is 1.29 bits per heavy atom. The number of pyridine rings is 1. The zero-order valence-electron chi connectivity index (χ0n) is 13.2. The first kappa shape index (κ1) is 17.5. The van der Waals surface area contributed by atoms with Gasteiger partial charge in [0.05, 0.1) is 5.69 Å². The number of nitrogens with one attached hydrogen (secondary N) is 1. The fraction of sp³-hybridized carbons (Fsp3) is 0.375. The van der Waals surface area contributed by atoms with Gasteiger partial charge in [-0.25, -0.2) is 9.78 Å². The van der Waals surface area contributed by atoms with Crippen LogP contribution in [-0.4, -0.2) is 43.5 Å². The van der Waals surface area contributed by atoms with Gasteiger partial charge < -0.3 is 15.5 Å². The van der Waals surface area contributed by atoms with Crippen molar-refractivity contribution in [2.24, 2.45) is 0 Å². The summed E-state index contributed by atoms with van der Waals surface area (Å²) in [5, 5.41) is 20.3. The highest BCUT2D eigenvalue weighted by Gasteiger charge is 2.25. The van der Waals surface area contributed by atoms with Crippen molar-refractivity contribution in [1.29, 1.82) is 0 Å². The topological polar surface area (TPSA) is 121 Å². The van der Waals surface area contributed by atoms with Gasteiger partial charge in [-0.2, -0.15) is 0 Å². The van der Waals surface area contributed by atoms with E-state index in [2.05, 4.69) is 10.3 Å². The predicted octanol–water partition coefficient (Wildman–Crippen LogP) is 1.33. The van der Waals surface area contributed by atoms with Gasteiger partial charge in [0.1, 0.15) is 17.4 Å². The van der Waals surface area contributed by atoms with E-state index in [0.717, 1.165) is 6.42 Å². The summed E-state index contributed by atoms with van der Waals surface area (Å²) in [6, 6.07) is 4.04. The SMILES string of the molecule is CCCc1nc2ccccn2c1C(=O)NC(CCC(=O)O)C(=O)O. The third-order valence-corrected chi connectivity index (χ3v) is 3.55. The molecule has 1 amide bonds. The lowest BCUT2D eigenvalue weighted by molar-refractivity contribution is -0.140. The number of aromatic nitrogens is 2. The number of carboxylic acid groups (broad SMARTS) is 2. The molecule has 2 aromatic heterocycles. The normalized spacial score (nSPS) is 12.0. The number of rotatable bonds is 8. The molecule has 0 radical (unpaired) electrons. The summed E-state index contributed by atoms with van der Waals surface area (Å²) in [7, 11) is 0.